The lowest BCUT2D eigenvalue weighted by atomic mass is 9.99. The summed E-state index contributed by atoms with van der Waals surface area (Å²) in [5.74, 6) is -0.260. The van der Waals surface area contributed by atoms with Crippen molar-refractivity contribution >= 4 is 11.6 Å². The summed E-state index contributed by atoms with van der Waals surface area (Å²) < 4.78 is 37.9. The molecule has 0 spiro atoms. The Hall–Kier alpha value is -2.37. The Morgan fingerprint density at radius 1 is 1.29 bits per heavy atom. The fourth-order valence-corrected chi connectivity index (χ4v) is 2.07. The second-order valence-electron chi connectivity index (χ2n) is 4.69. The van der Waals surface area contributed by atoms with Crippen molar-refractivity contribution in [2.24, 2.45) is 0 Å². The van der Waals surface area contributed by atoms with E-state index in [4.69, 9.17) is 5.73 Å². The third kappa shape index (κ3) is 3.39. The van der Waals surface area contributed by atoms with E-state index in [9.17, 15) is 18.0 Å². The first kappa shape index (κ1) is 15.0. The molecule has 2 N–H and O–H groups in total. The molecule has 21 heavy (non-hydrogen) atoms. The number of nitrogens with two attached hydrogens (primary N) is 1. The van der Waals surface area contributed by atoms with Crippen molar-refractivity contribution < 1.29 is 18.0 Å². The summed E-state index contributed by atoms with van der Waals surface area (Å²) in [6.45, 7) is 1.71. The number of benzene rings is 1. The summed E-state index contributed by atoms with van der Waals surface area (Å²) in [7, 11) is 0. The van der Waals surface area contributed by atoms with Gasteiger partial charge in [-0.3, -0.25) is 4.79 Å². The number of anilines is 1. The van der Waals surface area contributed by atoms with E-state index in [1.54, 1.807) is 13.0 Å². The largest absolute Gasteiger partial charge is 0.416 e. The molecule has 1 aromatic carbocycles. The maximum Gasteiger partial charge on any atom is 0.416 e. The average molecular weight is 294 g/mol. The van der Waals surface area contributed by atoms with E-state index in [2.05, 4.69) is 4.98 Å². The number of Topliss-reactive ketones (excluding diaryl/α,β-unsaturated/α-hetero) is 1. The van der Waals surface area contributed by atoms with E-state index >= 15 is 0 Å². The number of nitrogens with zero attached hydrogens (tertiary/aromatic N) is 1. The average Bonchev–Trinajstić information content (AvgIpc) is 2.37. The van der Waals surface area contributed by atoms with Gasteiger partial charge in [-0.1, -0.05) is 18.2 Å². The van der Waals surface area contributed by atoms with Crippen molar-refractivity contribution in [2.75, 3.05) is 5.73 Å². The highest BCUT2D eigenvalue weighted by Crippen LogP contribution is 2.30. The van der Waals surface area contributed by atoms with Gasteiger partial charge in [0.05, 0.1) is 11.1 Å². The predicted molar refractivity (Wildman–Crippen MR) is 72.9 cm³/mol. The number of nitrogen functional groups attached to an aromatic ring is 1. The van der Waals surface area contributed by atoms with Gasteiger partial charge in [0.15, 0.2) is 5.78 Å². The molecule has 0 aliphatic carbocycles. The molecule has 0 unspecified atom stereocenters. The summed E-state index contributed by atoms with van der Waals surface area (Å²) >= 11 is 0. The van der Waals surface area contributed by atoms with E-state index in [0.29, 0.717) is 5.56 Å². The van der Waals surface area contributed by atoms with Crippen LogP contribution in [0.25, 0.3) is 0 Å². The lowest BCUT2D eigenvalue weighted by Crippen LogP contribution is -2.11. The maximum absolute atomic E-state index is 12.6. The molecular formula is C15H13F3N2O. The summed E-state index contributed by atoms with van der Waals surface area (Å²) in [5.41, 5.74) is 6.09. The zero-order valence-electron chi connectivity index (χ0n) is 11.2. The zero-order chi connectivity index (χ0) is 15.6. The maximum atomic E-state index is 12.6. The van der Waals surface area contributed by atoms with Crippen LogP contribution in [0, 0.1) is 6.92 Å². The van der Waals surface area contributed by atoms with E-state index in [1.165, 1.54) is 18.3 Å². The van der Waals surface area contributed by atoms with Crippen molar-refractivity contribution in [3.63, 3.8) is 0 Å². The van der Waals surface area contributed by atoms with E-state index in [0.717, 1.165) is 12.1 Å². The lowest BCUT2D eigenvalue weighted by molar-refractivity contribution is -0.137. The molecule has 1 aromatic heterocycles. The van der Waals surface area contributed by atoms with Crippen molar-refractivity contribution in [2.45, 2.75) is 19.5 Å². The van der Waals surface area contributed by atoms with Crippen LogP contribution in [-0.4, -0.2) is 10.8 Å². The van der Waals surface area contributed by atoms with Crippen LogP contribution < -0.4 is 5.73 Å². The van der Waals surface area contributed by atoms with Gasteiger partial charge >= 0.3 is 6.18 Å². The molecule has 0 fully saturated rings. The molecule has 0 saturated heterocycles. The van der Waals surface area contributed by atoms with Crippen molar-refractivity contribution in [3.05, 3.63) is 58.8 Å². The Bertz CT molecular complexity index is 661. The molecular weight excluding hydrogens is 281 g/mol. The third-order valence-electron chi connectivity index (χ3n) is 3.09. The summed E-state index contributed by atoms with van der Waals surface area (Å²) in [6.07, 6.45) is -3.10. The number of ketones is 1. The van der Waals surface area contributed by atoms with Crippen LogP contribution in [0.15, 0.2) is 36.5 Å². The minimum absolute atomic E-state index is 0.0898. The predicted octanol–water partition coefficient (Wildman–Crippen LogP) is 3.42. The monoisotopic (exact) mass is 294 g/mol. The Morgan fingerprint density at radius 3 is 2.62 bits per heavy atom. The molecule has 1 heterocycles. The van der Waals surface area contributed by atoms with Crippen molar-refractivity contribution in [1.29, 1.82) is 0 Å². The number of halogens is 3. The Kier molecular flexibility index (Phi) is 3.97. The highest BCUT2D eigenvalue weighted by Gasteiger charge is 2.30. The number of hydrogen-bond acceptors (Lipinski definition) is 3. The molecule has 0 aliphatic heterocycles. The van der Waals surface area contributed by atoms with E-state index in [-0.39, 0.29) is 29.1 Å². The van der Waals surface area contributed by atoms with Crippen LogP contribution in [0.4, 0.5) is 19.0 Å². The summed E-state index contributed by atoms with van der Waals surface area (Å²) in [4.78, 5) is 16.1. The fraction of sp³-hybridized carbons (Fsp3) is 0.200. The van der Waals surface area contributed by atoms with Crippen LogP contribution >= 0.6 is 0 Å². The van der Waals surface area contributed by atoms with Gasteiger partial charge in [-0.05, 0) is 30.2 Å². The van der Waals surface area contributed by atoms with Gasteiger partial charge in [-0.2, -0.15) is 13.2 Å². The van der Waals surface area contributed by atoms with Gasteiger partial charge in [0, 0.05) is 12.6 Å². The van der Waals surface area contributed by atoms with Gasteiger partial charge in [-0.15, -0.1) is 0 Å². The van der Waals surface area contributed by atoms with Crippen LogP contribution in [-0.2, 0) is 12.6 Å². The van der Waals surface area contributed by atoms with Gasteiger partial charge in [0.2, 0.25) is 0 Å². The smallest absolute Gasteiger partial charge is 0.383 e. The first-order chi connectivity index (χ1) is 9.79. The number of pyridine rings is 1. The number of aromatic nitrogens is 1. The van der Waals surface area contributed by atoms with Crippen molar-refractivity contribution in [3.8, 4) is 0 Å². The zero-order valence-corrected chi connectivity index (χ0v) is 11.2. The van der Waals surface area contributed by atoms with Gasteiger partial charge < -0.3 is 5.73 Å². The summed E-state index contributed by atoms with van der Waals surface area (Å²) in [6, 6.07) is 6.34. The second-order valence-corrected chi connectivity index (χ2v) is 4.69. The van der Waals surface area contributed by atoms with E-state index in [1.807, 2.05) is 0 Å². The van der Waals surface area contributed by atoms with Crippen LogP contribution in [0.1, 0.15) is 27.0 Å². The Morgan fingerprint density at radius 2 is 2.00 bits per heavy atom. The molecule has 0 bridgehead atoms. The van der Waals surface area contributed by atoms with Crippen LogP contribution in [0.5, 0.6) is 0 Å². The normalized spacial score (nSPS) is 11.4. The highest BCUT2D eigenvalue weighted by molar-refractivity contribution is 6.02. The fourth-order valence-electron chi connectivity index (χ4n) is 2.07. The topological polar surface area (TPSA) is 56.0 Å². The molecule has 110 valence electrons. The summed E-state index contributed by atoms with van der Waals surface area (Å²) in [5, 5.41) is 0. The molecule has 2 aromatic rings. The number of alkyl halides is 3. The van der Waals surface area contributed by atoms with E-state index < -0.39 is 11.7 Å². The van der Waals surface area contributed by atoms with Crippen LogP contribution in [0.2, 0.25) is 0 Å². The minimum Gasteiger partial charge on any atom is -0.383 e. The first-order valence-electron chi connectivity index (χ1n) is 6.19. The van der Waals surface area contributed by atoms with Crippen molar-refractivity contribution in [1.82, 2.24) is 4.98 Å². The first-order valence-corrected chi connectivity index (χ1v) is 6.19. The standard InChI is InChI=1S/C15H13F3N2O/c1-9-5-6-20-14(19)13(9)12(21)8-10-3-2-4-11(7-10)15(16,17)18/h2-7H,8H2,1H3,(H2,19,20). The minimum atomic E-state index is -4.43. The number of aryl methyl sites for hydroxylation is 1. The lowest BCUT2D eigenvalue weighted by Gasteiger charge is -2.10. The number of carbonyl (C=O) groups is 1. The third-order valence-corrected chi connectivity index (χ3v) is 3.09. The molecule has 3 nitrogen and oxygen atoms in total. The molecule has 6 heteroatoms. The molecule has 2 rings (SSSR count). The Balaban J connectivity index is 2.28. The molecule has 0 atom stereocenters. The van der Waals surface area contributed by atoms with Gasteiger partial charge in [0.25, 0.3) is 0 Å². The molecule has 0 aliphatic rings. The highest BCUT2D eigenvalue weighted by atomic mass is 19.4. The Labute approximate surface area is 119 Å². The van der Waals surface area contributed by atoms with Gasteiger partial charge in [0.1, 0.15) is 5.82 Å². The molecule has 0 saturated carbocycles. The molecule has 0 radical (unpaired) electrons. The molecule has 0 amide bonds. The quantitative estimate of drug-likeness (QED) is 0.882. The number of hydrogen-bond donors (Lipinski definition) is 1. The van der Waals surface area contributed by atoms with Gasteiger partial charge in [-0.25, -0.2) is 4.98 Å². The number of carbonyl (C=O) groups excluding carboxylic acids is 1. The SMILES string of the molecule is Cc1ccnc(N)c1C(=O)Cc1cccc(C(F)(F)F)c1. The van der Waals surface area contributed by atoms with Crippen LogP contribution in [0.3, 0.4) is 0 Å². The second kappa shape index (κ2) is 5.55. The number of rotatable bonds is 3.